The van der Waals surface area contributed by atoms with Gasteiger partial charge in [-0.15, -0.1) is 0 Å². The second-order valence-corrected chi connectivity index (χ2v) is 5.01. The summed E-state index contributed by atoms with van der Waals surface area (Å²) in [5.74, 6) is 0.879. The van der Waals surface area contributed by atoms with Crippen molar-refractivity contribution in [2.75, 3.05) is 6.61 Å². The third kappa shape index (κ3) is 3.25. The highest BCUT2D eigenvalue weighted by Crippen LogP contribution is 2.30. The Morgan fingerprint density at radius 3 is 2.68 bits per heavy atom. The van der Waals surface area contributed by atoms with Gasteiger partial charge in [-0.05, 0) is 24.6 Å². The van der Waals surface area contributed by atoms with Gasteiger partial charge in [-0.2, -0.15) is 5.10 Å². The highest BCUT2D eigenvalue weighted by molar-refractivity contribution is 5.84. The van der Waals surface area contributed by atoms with E-state index >= 15 is 0 Å². The number of carbonyl (C=O) groups excluding carboxylic acids is 1. The van der Waals surface area contributed by atoms with Crippen molar-refractivity contribution in [3.8, 4) is 11.5 Å². The second kappa shape index (κ2) is 6.30. The van der Waals surface area contributed by atoms with Gasteiger partial charge in [-0.1, -0.05) is 42.0 Å². The van der Waals surface area contributed by atoms with Crippen LogP contribution >= 0.6 is 0 Å². The van der Waals surface area contributed by atoms with Gasteiger partial charge in [0, 0.05) is 0 Å². The summed E-state index contributed by atoms with van der Waals surface area (Å²) in [5.41, 5.74) is 4.56. The summed E-state index contributed by atoms with van der Waals surface area (Å²) in [7, 11) is 0. The molecular formula is C17H16N2O3. The van der Waals surface area contributed by atoms with Gasteiger partial charge >= 0.3 is 0 Å². The smallest absolute Gasteiger partial charge is 0.284 e. The second-order valence-electron chi connectivity index (χ2n) is 5.01. The molecule has 0 saturated carbocycles. The van der Waals surface area contributed by atoms with Crippen LogP contribution in [0, 0.1) is 6.92 Å². The lowest BCUT2D eigenvalue weighted by Crippen LogP contribution is -2.42. The minimum atomic E-state index is -0.704. The van der Waals surface area contributed by atoms with E-state index in [2.05, 4.69) is 10.5 Å². The van der Waals surface area contributed by atoms with Crippen LogP contribution in [0.4, 0.5) is 0 Å². The number of nitrogens with one attached hydrogen (secondary N) is 1. The monoisotopic (exact) mass is 296 g/mol. The van der Waals surface area contributed by atoms with Crippen LogP contribution in [0.1, 0.15) is 11.1 Å². The third-order valence-electron chi connectivity index (χ3n) is 3.27. The number of hydrazone groups is 1. The predicted octanol–water partition coefficient (Wildman–Crippen LogP) is 2.29. The number of aryl methyl sites for hydroxylation is 1. The summed E-state index contributed by atoms with van der Waals surface area (Å²) in [6.45, 7) is 2.18. The lowest BCUT2D eigenvalue weighted by molar-refractivity contribution is -0.130. The molecule has 1 N–H and O–H groups in total. The summed E-state index contributed by atoms with van der Waals surface area (Å²) in [5, 5.41) is 3.94. The fraction of sp³-hybridized carbons (Fsp3) is 0.176. The average Bonchev–Trinajstić information content (AvgIpc) is 2.56. The topological polar surface area (TPSA) is 59.9 Å². The SMILES string of the molecule is Cc1ccc(/C=N\NC(=O)[C@H]2COc3ccccc3O2)cc1. The van der Waals surface area contributed by atoms with E-state index in [9.17, 15) is 4.79 Å². The van der Waals surface area contributed by atoms with E-state index in [1.54, 1.807) is 18.3 Å². The van der Waals surface area contributed by atoms with Crippen molar-refractivity contribution < 1.29 is 14.3 Å². The first-order chi connectivity index (χ1) is 10.7. The molecule has 1 amide bonds. The molecule has 0 spiro atoms. The molecule has 5 nitrogen and oxygen atoms in total. The van der Waals surface area contributed by atoms with Crippen molar-refractivity contribution in [1.82, 2.24) is 5.43 Å². The van der Waals surface area contributed by atoms with Crippen LogP contribution in [0.25, 0.3) is 0 Å². The molecule has 22 heavy (non-hydrogen) atoms. The number of para-hydroxylation sites is 2. The van der Waals surface area contributed by atoms with Gasteiger partial charge in [-0.25, -0.2) is 5.43 Å². The third-order valence-corrected chi connectivity index (χ3v) is 3.27. The van der Waals surface area contributed by atoms with Gasteiger partial charge in [0.2, 0.25) is 6.10 Å². The number of amides is 1. The molecule has 112 valence electrons. The molecule has 2 aromatic carbocycles. The van der Waals surface area contributed by atoms with Crippen molar-refractivity contribution in [1.29, 1.82) is 0 Å². The van der Waals surface area contributed by atoms with Crippen molar-refractivity contribution in [2.45, 2.75) is 13.0 Å². The molecule has 0 fully saturated rings. The van der Waals surface area contributed by atoms with Crippen molar-refractivity contribution in [2.24, 2.45) is 5.10 Å². The zero-order chi connectivity index (χ0) is 15.4. The van der Waals surface area contributed by atoms with E-state index in [0.29, 0.717) is 11.5 Å². The largest absolute Gasteiger partial charge is 0.485 e. The molecule has 5 heteroatoms. The number of fused-ring (bicyclic) bond motifs is 1. The van der Waals surface area contributed by atoms with Crippen molar-refractivity contribution >= 4 is 12.1 Å². The number of ether oxygens (including phenoxy) is 2. The Labute approximate surface area is 128 Å². The van der Waals surface area contributed by atoms with Gasteiger partial charge in [0.05, 0.1) is 6.21 Å². The first-order valence-electron chi connectivity index (χ1n) is 7.00. The summed E-state index contributed by atoms with van der Waals surface area (Å²) in [6.07, 6.45) is 0.889. The fourth-order valence-electron chi connectivity index (χ4n) is 2.04. The summed E-state index contributed by atoms with van der Waals surface area (Å²) in [4.78, 5) is 12.0. The molecule has 1 aliphatic rings. The Morgan fingerprint density at radius 2 is 1.91 bits per heavy atom. The molecule has 1 heterocycles. The number of hydrogen-bond acceptors (Lipinski definition) is 4. The lowest BCUT2D eigenvalue weighted by atomic mass is 10.2. The number of rotatable bonds is 3. The number of nitrogens with zero attached hydrogens (tertiary/aromatic N) is 1. The molecule has 0 aromatic heterocycles. The van der Waals surface area contributed by atoms with Crippen LogP contribution in [0.2, 0.25) is 0 Å². The van der Waals surface area contributed by atoms with E-state index in [1.807, 2.05) is 43.3 Å². The first kappa shape index (κ1) is 14.1. The maximum absolute atomic E-state index is 12.0. The zero-order valence-corrected chi connectivity index (χ0v) is 12.2. The highest BCUT2D eigenvalue weighted by atomic mass is 16.6. The van der Waals surface area contributed by atoms with Crippen molar-refractivity contribution in [3.05, 3.63) is 59.7 Å². The van der Waals surface area contributed by atoms with Gasteiger partial charge in [0.25, 0.3) is 5.91 Å². The molecule has 0 unspecified atom stereocenters. The number of hydrogen-bond donors (Lipinski definition) is 1. The summed E-state index contributed by atoms with van der Waals surface area (Å²) in [6, 6.07) is 15.1. The maximum atomic E-state index is 12.0. The Morgan fingerprint density at radius 1 is 1.18 bits per heavy atom. The minimum Gasteiger partial charge on any atom is -0.485 e. The van der Waals surface area contributed by atoms with Crippen LogP contribution in [-0.4, -0.2) is 24.8 Å². The lowest BCUT2D eigenvalue weighted by Gasteiger charge is -2.24. The molecule has 0 radical (unpaired) electrons. The summed E-state index contributed by atoms with van der Waals surface area (Å²) >= 11 is 0. The molecule has 2 aromatic rings. The van der Waals surface area contributed by atoms with E-state index in [4.69, 9.17) is 9.47 Å². The first-order valence-corrected chi connectivity index (χ1v) is 7.00. The standard InChI is InChI=1S/C17H16N2O3/c1-12-6-8-13(9-7-12)10-18-19-17(20)16-11-21-14-4-2-3-5-15(14)22-16/h2-10,16H,11H2,1H3,(H,19,20)/b18-10-/t16-/m1/s1. The van der Waals surface area contributed by atoms with Gasteiger partial charge in [0.15, 0.2) is 11.5 Å². The quantitative estimate of drug-likeness (QED) is 0.698. The predicted molar refractivity (Wildman–Crippen MR) is 83.3 cm³/mol. The Hall–Kier alpha value is -2.82. The molecule has 3 rings (SSSR count). The minimum absolute atomic E-state index is 0.170. The molecule has 0 saturated heterocycles. The van der Waals surface area contributed by atoms with Crippen LogP contribution in [0.5, 0.6) is 11.5 Å². The fourth-order valence-corrected chi connectivity index (χ4v) is 2.04. The van der Waals surface area contributed by atoms with Crippen LogP contribution in [0.3, 0.4) is 0 Å². The average molecular weight is 296 g/mol. The van der Waals surface area contributed by atoms with E-state index in [0.717, 1.165) is 5.56 Å². The van der Waals surface area contributed by atoms with E-state index in [-0.39, 0.29) is 12.5 Å². The molecular weight excluding hydrogens is 280 g/mol. The number of carbonyl (C=O) groups is 1. The molecule has 0 aliphatic carbocycles. The summed E-state index contributed by atoms with van der Waals surface area (Å²) < 4.78 is 11.1. The van der Waals surface area contributed by atoms with Crippen molar-refractivity contribution in [3.63, 3.8) is 0 Å². The molecule has 0 bridgehead atoms. The van der Waals surface area contributed by atoms with E-state index < -0.39 is 6.10 Å². The Kier molecular flexibility index (Phi) is 4.05. The Balaban J connectivity index is 1.58. The van der Waals surface area contributed by atoms with E-state index in [1.165, 1.54) is 5.56 Å². The number of benzene rings is 2. The zero-order valence-electron chi connectivity index (χ0n) is 12.2. The normalized spacial score (nSPS) is 16.5. The maximum Gasteiger partial charge on any atom is 0.284 e. The van der Waals surface area contributed by atoms with Crippen LogP contribution in [-0.2, 0) is 4.79 Å². The van der Waals surface area contributed by atoms with Crippen LogP contribution < -0.4 is 14.9 Å². The van der Waals surface area contributed by atoms with Gasteiger partial charge < -0.3 is 9.47 Å². The molecule has 1 atom stereocenters. The molecule has 1 aliphatic heterocycles. The van der Waals surface area contributed by atoms with Crippen LogP contribution in [0.15, 0.2) is 53.6 Å². The van der Waals surface area contributed by atoms with Gasteiger partial charge in [0.1, 0.15) is 6.61 Å². The highest BCUT2D eigenvalue weighted by Gasteiger charge is 2.26. The Bertz CT molecular complexity index is 695. The van der Waals surface area contributed by atoms with Gasteiger partial charge in [-0.3, -0.25) is 4.79 Å².